The average Bonchev–Trinajstić information content (AvgIpc) is 2.40. The Morgan fingerprint density at radius 3 is 2.47 bits per heavy atom. The first-order chi connectivity index (χ1) is 9.01. The van der Waals surface area contributed by atoms with Gasteiger partial charge in [0.05, 0.1) is 26.9 Å². The predicted molar refractivity (Wildman–Crippen MR) is 73.7 cm³/mol. The molecule has 1 aromatic carbocycles. The summed E-state index contributed by atoms with van der Waals surface area (Å²) >= 11 is 0. The third-order valence-electron chi connectivity index (χ3n) is 3.02. The standard InChI is InChI=1S/C14H23NO4/c1-10-5-12(18-3)6-14(19-4)13(10)8-15(2)7-11(17)9-16/h5-6,11,16-17H,7-9H2,1-4H3. The van der Waals surface area contributed by atoms with Gasteiger partial charge in [0.2, 0.25) is 0 Å². The zero-order valence-electron chi connectivity index (χ0n) is 12.0. The number of likely N-dealkylation sites (N-methyl/N-ethyl adjacent to an activating group) is 1. The van der Waals surface area contributed by atoms with Crippen LogP contribution in [0.1, 0.15) is 11.1 Å². The summed E-state index contributed by atoms with van der Waals surface area (Å²) < 4.78 is 10.6. The molecule has 5 heteroatoms. The maximum atomic E-state index is 9.44. The van der Waals surface area contributed by atoms with Crippen LogP contribution in [-0.4, -0.2) is 55.6 Å². The number of aliphatic hydroxyl groups is 2. The molecule has 0 bridgehead atoms. The largest absolute Gasteiger partial charge is 0.497 e. The Kier molecular flexibility index (Phi) is 6.08. The van der Waals surface area contributed by atoms with Crippen LogP contribution >= 0.6 is 0 Å². The highest BCUT2D eigenvalue weighted by Gasteiger charge is 2.13. The van der Waals surface area contributed by atoms with Crippen LogP contribution in [0, 0.1) is 6.92 Å². The molecule has 0 saturated heterocycles. The van der Waals surface area contributed by atoms with Crippen molar-refractivity contribution in [3.8, 4) is 11.5 Å². The topological polar surface area (TPSA) is 62.2 Å². The molecule has 0 aliphatic rings. The van der Waals surface area contributed by atoms with Crippen LogP contribution in [0.4, 0.5) is 0 Å². The zero-order valence-corrected chi connectivity index (χ0v) is 12.0. The van der Waals surface area contributed by atoms with Crippen LogP contribution in [0.3, 0.4) is 0 Å². The van der Waals surface area contributed by atoms with Crippen molar-refractivity contribution in [1.82, 2.24) is 4.90 Å². The lowest BCUT2D eigenvalue weighted by atomic mass is 10.1. The van der Waals surface area contributed by atoms with E-state index < -0.39 is 6.10 Å². The lowest BCUT2D eigenvalue weighted by Gasteiger charge is -2.22. The van der Waals surface area contributed by atoms with Crippen LogP contribution < -0.4 is 9.47 Å². The van der Waals surface area contributed by atoms with E-state index in [1.54, 1.807) is 14.2 Å². The van der Waals surface area contributed by atoms with Gasteiger partial charge in [0.25, 0.3) is 0 Å². The van der Waals surface area contributed by atoms with E-state index in [-0.39, 0.29) is 6.61 Å². The van der Waals surface area contributed by atoms with E-state index in [1.807, 2.05) is 31.0 Å². The van der Waals surface area contributed by atoms with Crippen molar-refractivity contribution in [2.45, 2.75) is 19.6 Å². The van der Waals surface area contributed by atoms with E-state index in [1.165, 1.54) is 0 Å². The van der Waals surface area contributed by atoms with Gasteiger partial charge in [-0.15, -0.1) is 0 Å². The quantitative estimate of drug-likeness (QED) is 0.766. The highest BCUT2D eigenvalue weighted by atomic mass is 16.5. The molecule has 0 amide bonds. The van der Waals surface area contributed by atoms with Gasteiger partial charge in [-0.1, -0.05) is 0 Å². The first-order valence-electron chi connectivity index (χ1n) is 6.20. The Balaban J connectivity index is 2.87. The van der Waals surface area contributed by atoms with Gasteiger partial charge in [0, 0.05) is 24.7 Å². The van der Waals surface area contributed by atoms with Gasteiger partial charge >= 0.3 is 0 Å². The average molecular weight is 269 g/mol. The summed E-state index contributed by atoms with van der Waals surface area (Å²) in [6.45, 7) is 2.81. The minimum absolute atomic E-state index is 0.233. The highest BCUT2D eigenvalue weighted by Crippen LogP contribution is 2.29. The molecule has 2 N–H and O–H groups in total. The molecule has 1 aromatic rings. The van der Waals surface area contributed by atoms with Gasteiger partial charge in [-0.05, 0) is 25.6 Å². The summed E-state index contributed by atoms with van der Waals surface area (Å²) in [5.74, 6) is 1.53. The van der Waals surface area contributed by atoms with E-state index in [4.69, 9.17) is 14.6 Å². The second kappa shape index (κ2) is 7.33. The Bertz CT molecular complexity index is 409. The molecule has 0 aliphatic heterocycles. The van der Waals surface area contributed by atoms with Crippen molar-refractivity contribution in [3.63, 3.8) is 0 Å². The van der Waals surface area contributed by atoms with Crippen molar-refractivity contribution in [2.24, 2.45) is 0 Å². The highest BCUT2D eigenvalue weighted by molar-refractivity contribution is 5.46. The Morgan fingerprint density at radius 1 is 1.26 bits per heavy atom. The fraction of sp³-hybridized carbons (Fsp3) is 0.571. The molecule has 1 unspecified atom stereocenters. The maximum absolute atomic E-state index is 9.44. The number of benzene rings is 1. The SMILES string of the molecule is COc1cc(C)c(CN(C)CC(O)CO)c(OC)c1. The summed E-state index contributed by atoms with van der Waals surface area (Å²) in [5.41, 5.74) is 2.12. The Hall–Kier alpha value is -1.30. The number of ether oxygens (including phenoxy) is 2. The molecule has 19 heavy (non-hydrogen) atoms. The first-order valence-corrected chi connectivity index (χ1v) is 6.20. The van der Waals surface area contributed by atoms with Gasteiger partial charge in [-0.25, -0.2) is 0 Å². The van der Waals surface area contributed by atoms with E-state index in [0.717, 1.165) is 22.6 Å². The summed E-state index contributed by atoms with van der Waals surface area (Å²) in [4.78, 5) is 1.94. The maximum Gasteiger partial charge on any atom is 0.127 e. The van der Waals surface area contributed by atoms with Crippen LogP contribution in [0.25, 0.3) is 0 Å². The van der Waals surface area contributed by atoms with Crippen molar-refractivity contribution >= 4 is 0 Å². The van der Waals surface area contributed by atoms with E-state index in [0.29, 0.717) is 13.1 Å². The van der Waals surface area contributed by atoms with Crippen molar-refractivity contribution in [3.05, 3.63) is 23.3 Å². The molecule has 0 radical (unpaired) electrons. The minimum Gasteiger partial charge on any atom is -0.497 e. The fourth-order valence-corrected chi connectivity index (χ4v) is 2.01. The zero-order chi connectivity index (χ0) is 14.4. The van der Waals surface area contributed by atoms with E-state index >= 15 is 0 Å². The van der Waals surface area contributed by atoms with Crippen LogP contribution in [0.15, 0.2) is 12.1 Å². The number of aliphatic hydroxyl groups excluding tert-OH is 2. The summed E-state index contributed by atoms with van der Waals surface area (Å²) in [5, 5.41) is 18.3. The summed E-state index contributed by atoms with van der Waals surface area (Å²) in [6, 6.07) is 3.80. The lowest BCUT2D eigenvalue weighted by molar-refractivity contribution is 0.0645. The Labute approximate surface area is 114 Å². The van der Waals surface area contributed by atoms with Gasteiger partial charge in [-0.3, -0.25) is 4.90 Å². The molecule has 0 spiro atoms. The van der Waals surface area contributed by atoms with Gasteiger partial charge in [0.1, 0.15) is 11.5 Å². The third kappa shape index (κ3) is 4.38. The van der Waals surface area contributed by atoms with Gasteiger partial charge < -0.3 is 19.7 Å². The number of aryl methyl sites for hydroxylation is 1. The van der Waals surface area contributed by atoms with Crippen LogP contribution in [0.5, 0.6) is 11.5 Å². The van der Waals surface area contributed by atoms with Crippen molar-refractivity contribution in [2.75, 3.05) is 34.4 Å². The van der Waals surface area contributed by atoms with Gasteiger partial charge in [0.15, 0.2) is 0 Å². The Morgan fingerprint density at radius 2 is 1.95 bits per heavy atom. The molecule has 0 aromatic heterocycles. The number of rotatable bonds is 7. The summed E-state index contributed by atoms with van der Waals surface area (Å²) in [6.07, 6.45) is -0.727. The third-order valence-corrected chi connectivity index (χ3v) is 3.02. The molecule has 1 rings (SSSR count). The van der Waals surface area contributed by atoms with E-state index in [9.17, 15) is 5.11 Å². The molecule has 0 saturated carbocycles. The van der Waals surface area contributed by atoms with Crippen molar-refractivity contribution < 1.29 is 19.7 Å². The van der Waals surface area contributed by atoms with Crippen LogP contribution in [-0.2, 0) is 6.54 Å². The molecule has 0 heterocycles. The minimum atomic E-state index is -0.727. The molecule has 0 fully saturated rings. The number of hydrogen-bond acceptors (Lipinski definition) is 5. The van der Waals surface area contributed by atoms with Crippen molar-refractivity contribution in [1.29, 1.82) is 0 Å². The second-order valence-electron chi connectivity index (χ2n) is 4.66. The molecule has 0 aliphatic carbocycles. The molecular formula is C14H23NO4. The predicted octanol–water partition coefficient (Wildman–Crippen LogP) is 0.797. The first kappa shape index (κ1) is 15.8. The monoisotopic (exact) mass is 269 g/mol. The van der Waals surface area contributed by atoms with E-state index in [2.05, 4.69) is 0 Å². The smallest absolute Gasteiger partial charge is 0.127 e. The normalized spacial score (nSPS) is 12.6. The fourth-order valence-electron chi connectivity index (χ4n) is 2.01. The second-order valence-corrected chi connectivity index (χ2v) is 4.66. The van der Waals surface area contributed by atoms with Gasteiger partial charge in [-0.2, -0.15) is 0 Å². The molecule has 5 nitrogen and oxygen atoms in total. The number of nitrogens with zero attached hydrogens (tertiary/aromatic N) is 1. The number of methoxy groups -OCH3 is 2. The number of hydrogen-bond donors (Lipinski definition) is 2. The molecule has 1 atom stereocenters. The lowest BCUT2D eigenvalue weighted by Crippen LogP contribution is -2.31. The van der Waals surface area contributed by atoms with Crippen LogP contribution in [0.2, 0.25) is 0 Å². The summed E-state index contributed by atoms with van der Waals surface area (Å²) in [7, 11) is 5.14. The molecular weight excluding hydrogens is 246 g/mol. The molecule has 108 valence electrons.